The number of hydrogen-bond donors (Lipinski definition) is 3. The largest absolute Gasteiger partial charge is 0.467 e. The lowest BCUT2D eigenvalue weighted by Crippen LogP contribution is -2.46. The van der Waals surface area contributed by atoms with Crippen LogP contribution in [0.1, 0.15) is 31.4 Å². The molecule has 0 radical (unpaired) electrons. The fourth-order valence-electron chi connectivity index (χ4n) is 4.16. The van der Waals surface area contributed by atoms with Gasteiger partial charge in [-0.1, -0.05) is 26.0 Å². The summed E-state index contributed by atoms with van der Waals surface area (Å²) >= 11 is 1.32. The number of carbonyl (C=O) groups is 3. The van der Waals surface area contributed by atoms with Gasteiger partial charge in [0.2, 0.25) is 5.91 Å². The number of nitrogens with zero attached hydrogens (tertiary/aromatic N) is 1. The van der Waals surface area contributed by atoms with Crippen LogP contribution in [-0.4, -0.2) is 59.5 Å². The van der Waals surface area contributed by atoms with Crippen molar-refractivity contribution in [3.05, 3.63) is 65.0 Å². The average Bonchev–Trinajstić information content (AvgIpc) is 3.39. The number of amides is 2. The molecule has 1 aliphatic heterocycles. The van der Waals surface area contributed by atoms with Crippen molar-refractivity contribution in [2.75, 3.05) is 24.7 Å². The lowest BCUT2D eigenvalue weighted by Gasteiger charge is -2.24. The van der Waals surface area contributed by atoms with Gasteiger partial charge in [0.15, 0.2) is 17.0 Å². The summed E-state index contributed by atoms with van der Waals surface area (Å²) < 4.78 is 45.4. The number of anilines is 1. The summed E-state index contributed by atoms with van der Waals surface area (Å²) in [7, 11) is 1.34. The molecule has 3 atom stereocenters. The number of benzene rings is 2. The third kappa shape index (κ3) is 8.12. The van der Waals surface area contributed by atoms with E-state index in [9.17, 15) is 27.6 Å². The third-order valence-corrected chi connectivity index (χ3v) is 7.51. The Balaban J connectivity index is 1.52. The van der Waals surface area contributed by atoms with Crippen molar-refractivity contribution in [1.29, 1.82) is 0 Å². The first kappa shape index (κ1) is 30.3. The van der Waals surface area contributed by atoms with Crippen molar-refractivity contribution in [3.63, 3.8) is 0 Å². The highest BCUT2D eigenvalue weighted by molar-refractivity contribution is 8.00. The van der Waals surface area contributed by atoms with Crippen LogP contribution in [0, 0.1) is 23.4 Å². The normalized spacial score (nSPS) is 16.6. The van der Waals surface area contributed by atoms with Crippen LogP contribution < -0.4 is 16.4 Å². The number of thioether (sulfide) groups is 1. The van der Waals surface area contributed by atoms with E-state index in [4.69, 9.17) is 10.5 Å². The van der Waals surface area contributed by atoms with Crippen molar-refractivity contribution < 1.29 is 32.3 Å². The van der Waals surface area contributed by atoms with Crippen molar-refractivity contribution in [2.45, 2.75) is 50.7 Å². The quantitative estimate of drug-likeness (QED) is 0.283. The number of halogens is 3. The zero-order valence-electron chi connectivity index (χ0n) is 22.0. The Morgan fingerprint density at radius 1 is 1.10 bits per heavy atom. The lowest BCUT2D eigenvalue weighted by atomic mass is 10.0. The van der Waals surface area contributed by atoms with Gasteiger partial charge in [0, 0.05) is 43.1 Å². The van der Waals surface area contributed by atoms with E-state index in [0.29, 0.717) is 18.4 Å². The maximum Gasteiger partial charge on any atom is 0.328 e. The van der Waals surface area contributed by atoms with Gasteiger partial charge in [-0.05, 0) is 41.7 Å². The zero-order chi connectivity index (χ0) is 28.7. The fraction of sp³-hybridized carbons (Fsp3) is 0.444. The predicted octanol–water partition coefficient (Wildman–Crippen LogP) is 3.19. The van der Waals surface area contributed by atoms with Gasteiger partial charge in [-0.25, -0.2) is 18.0 Å². The number of rotatable bonds is 11. The van der Waals surface area contributed by atoms with Crippen molar-refractivity contribution >= 4 is 35.2 Å². The van der Waals surface area contributed by atoms with E-state index in [1.54, 1.807) is 12.1 Å². The highest BCUT2D eigenvalue weighted by Crippen LogP contribution is 2.25. The van der Waals surface area contributed by atoms with Gasteiger partial charge in [0.1, 0.15) is 11.9 Å². The summed E-state index contributed by atoms with van der Waals surface area (Å²) in [5.74, 6) is -3.90. The standard InChI is InChI=1S/C27H33F3N4O4S/c1-15(2)24(27(37)38-3)33-19-6-4-16(5-7-19)14-32-25(36)26-34(8-9-39-26)23(35)12-18(31)10-17-11-21(29)22(30)13-20(17)28/h4-7,11,13,15,18,24,26,33H,8-10,12,14,31H2,1-3H3,(H,32,36)/t18-,24-,26+/m1/s1. The monoisotopic (exact) mass is 566 g/mol. The molecule has 0 spiro atoms. The molecule has 2 aromatic carbocycles. The molecular weight excluding hydrogens is 533 g/mol. The zero-order valence-corrected chi connectivity index (χ0v) is 22.8. The summed E-state index contributed by atoms with van der Waals surface area (Å²) in [4.78, 5) is 39.1. The van der Waals surface area contributed by atoms with Gasteiger partial charge in [0.05, 0.1) is 7.11 Å². The van der Waals surface area contributed by atoms with Gasteiger partial charge in [-0.3, -0.25) is 9.59 Å². The van der Waals surface area contributed by atoms with Gasteiger partial charge in [-0.15, -0.1) is 11.8 Å². The summed E-state index contributed by atoms with van der Waals surface area (Å²) in [6.45, 7) is 4.41. The highest BCUT2D eigenvalue weighted by Gasteiger charge is 2.35. The molecule has 0 saturated carbocycles. The fourth-order valence-corrected chi connectivity index (χ4v) is 5.32. The molecule has 212 valence electrons. The van der Waals surface area contributed by atoms with Crippen LogP contribution in [0.25, 0.3) is 0 Å². The van der Waals surface area contributed by atoms with Gasteiger partial charge < -0.3 is 26.0 Å². The van der Waals surface area contributed by atoms with Crippen LogP contribution in [0.5, 0.6) is 0 Å². The molecule has 2 amide bonds. The van der Waals surface area contributed by atoms with Crippen LogP contribution in [0.15, 0.2) is 36.4 Å². The number of nitrogens with two attached hydrogens (primary N) is 1. The van der Waals surface area contributed by atoms with Crippen LogP contribution in [0.3, 0.4) is 0 Å². The molecule has 0 unspecified atom stereocenters. The third-order valence-electron chi connectivity index (χ3n) is 6.31. The van der Waals surface area contributed by atoms with Crippen LogP contribution in [-0.2, 0) is 32.1 Å². The molecule has 2 aromatic rings. The molecule has 1 saturated heterocycles. The number of methoxy groups -OCH3 is 1. The predicted molar refractivity (Wildman–Crippen MR) is 143 cm³/mol. The van der Waals surface area contributed by atoms with E-state index in [0.717, 1.165) is 17.3 Å². The second-order valence-corrected chi connectivity index (χ2v) is 10.8. The van der Waals surface area contributed by atoms with E-state index in [1.165, 1.54) is 23.8 Å². The van der Waals surface area contributed by atoms with E-state index in [2.05, 4.69) is 10.6 Å². The van der Waals surface area contributed by atoms with Gasteiger partial charge in [0.25, 0.3) is 5.91 Å². The SMILES string of the molecule is COC(=O)[C@H](Nc1ccc(CNC(=O)[C@@H]2SCCN2C(=O)C[C@H](N)Cc2cc(F)c(F)cc2F)cc1)C(C)C. The maximum absolute atomic E-state index is 13.9. The lowest BCUT2D eigenvalue weighted by molar-refractivity contribution is -0.142. The Morgan fingerprint density at radius 3 is 2.41 bits per heavy atom. The molecule has 0 aromatic heterocycles. The molecule has 8 nitrogen and oxygen atoms in total. The second kappa shape index (κ2) is 13.7. The number of hydrogen-bond acceptors (Lipinski definition) is 7. The van der Waals surface area contributed by atoms with Crippen molar-refractivity contribution in [2.24, 2.45) is 11.7 Å². The smallest absolute Gasteiger partial charge is 0.328 e. The molecule has 4 N–H and O–H groups in total. The first-order valence-corrected chi connectivity index (χ1v) is 13.6. The van der Waals surface area contributed by atoms with E-state index in [-0.39, 0.29) is 48.7 Å². The highest BCUT2D eigenvalue weighted by atomic mass is 32.2. The molecule has 12 heteroatoms. The molecule has 1 heterocycles. The summed E-state index contributed by atoms with van der Waals surface area (Å²) in [6, 6.07) is 7.10. The first-order valence-electron chi connectivity index (χ1n) is 12.5. The Labute approximate surface area is 229 Å². The summed E-state index contributed by atoms with van der Waals surface area (Å²) in [5.41, 5.74) is 7.44. The average molecular weight is 567 g/mol. The Kier molecular flexibility index (Phi) is 10.6. The second-order valence-electron chi connectivity index (χ2n) is 9.64. The number of carbonyl (C=O) groups excluding carboxylic acids is 3. The number of esters is 1. The molecule has 0 aliphatic carbocycles. The van der Waals surface area contributed by atoms with E-state index in [1.807, 2.05) is 26.0 Å². The first-order chi connectivity index (χ1) is 18.5. The summed E-state index contributed by atoms with van der Waals surface area (Å²) in [5, 5.41) is 5.25. The molecule has 3 rings (SSSR count). The molecular formula is C27H33F3N4O4S. The molecule has 1 fully saturated rings. The van der Waals surface area contributed by atoms with Crippen molar-refractivity contribution in [1.82, 2.24) is 10.2 Å². The Hall–Kier alpha value is -3.25. The Morgan fingerprint density at radius 2 is 1.77 bits per heavy atom. The van der Waals surface area contributed by atoms with E-state index >= 15 is 0 Å². The van der Waals surface area contributed by atoms with Crippen LogP contribution in [0.2, 0.25) is 0 Å². The van der Waals surface area contributed by atoms with Gasteiger partial charge in [-0.2, -0.15) is 0 Å². The minimum atomic E-state index is -1.30. The molecule has 39 heavy (non-hydrogen) atoms. The topological polar surface area (TPSA) is 114 Å². The maximum atomic E-state index is 13.9. The minimum Gasteiger partial charge on any atom is -0.467 e. The van der Waals surface area contributed by atoms with Crippen molar-refractivity contribution in [3.8, 4) is 0 Å². The van der Waals surface area contributed by atoms with Gasteiger partial charge >= 0.3 is 5.97 Å². The van der Waals surface area contributed by atoms with E-state index < -0.39 is 34.9 Å². The minimum absolute atomic E-state index is 0.0209. The molecule has 1 aliphatic rings. The summed E-state index contributed by atoms with van der Waals surface area (Å²) in [6.07, 6.45) is -0.338. The van der Waals surface area contributed by atoms with Crippen LogP contribution >= 0.6 is 11.8 Å². The number of ether oxygens (including phenoxy) is 1. The molecule has 0 bridgehead atoms. The number of nitrogens with one attached hydrogen (secondary N) is 2. The van der Waals surface area contributed by atoms with Crippen LogP contribution in [0.4, 0.5) is 18.9 Å². The Bertz CT molecular complexity index is 1180.